The van der Waals surface area contributed by atoms with E-state index in [1.807, 2.05) is 0 Å². The third-order valence-corrected chi connectivity index (χ3v) is 3.20. The van der Waals surface area contributed by atoms with Gasteiger partial charge in [0, 0.05) is 11.8 Å². The van der Waals surface area contributed by atoms with E-state index in [2.05, 4.69) is 5.32 Å². The number of nitro groups is 1. The van der Waals surface area contributed by atoms with Crippen LogP contribution in [-0.2, 0) is 4.79 Å². The van der Waals surface area contributed by atoms with E-state index in [-0.39, 0.29) is 22.8 Å². The molecule has 8 nitrogen and oxygen atoms in total. The van der Waals surface area contributed by atoms with Crippen LogP contribution in [-0.4, -0.2) is 23.0 Å². The van der Waals surface area contributed by atoms with Gasteiger partial charge in [0.1, 0.15) is 17.4 Å². The topological polar surface area (TPSA) is 125 Å². The Morgan fingerprint density at radius 3 is 2.56 bits per heavy atom. The standard InChI is InChI=1S/C17H13N3O5/c1-25-16-7-2-11(9-15(16)20(23)24)8-12(10-18)17(22)19-13-3-5-14(21)6-4-13/h2-9,21H,1H3,(H,19,22)/b12-8-. The number of phenols is 1. The van der Waals surface area contributed by atoms with Crippen molar-refractivity contribution in [2.45, 2.75) is 0 Å². The van der Waals surface area contributed by atoms with Crippen LogP contribution >= 0.6 is 0 Å². The minimum absolute atomic E-state index is 0.0413. The number of carbonyl (C=O) groups is 1. The number of carbonyl (C=O) groups excluding carboxylic acids is 1. The van der Waals surface area contributed by atoms with Crippen LogP contribution in [0.3, 0.4) is 0 Å². The van der Waals surface area contributed by atoms with E-state index in [1.54, 1.807) is 6.07 Å². The smallest absolute Gasteiger partial charge is 0.311 e. The van der Waals surface area contributed by atoms with Crippen molar-refractivity contribution >= 4 is 23.4 Å². The number of rotatable bonds is 5. The molecule has 0 radical (unpaired) electrons. The highest BCUT2D eigenvalue weighted by atomic mass is 16.6. The zero-order chi connectivity index (χ0) is 18.4. The van der Waals surface area contributed by atoms with Gasteiger partial charge in [-0.3, -0.25) is 14.9 Å². The number of ether oxygens (including phenoxy) is 1. The summed E-state index contributed by atoms with van der Waals surface area (Å²) in [5.74, 6) is -0.555. The van der Waals surface area contributed by atoms with Crippen molar-refractivity contribution < 1.29 is 19.6 Å². The lowest BCUT2D eigenvalue weighted by Crippen LogP contribution is -2.13. The third kappa shape index (κ3) is 4.33. The van der Waals surface area contributed by atoms with Crippen LogP contribution in [0.15, 0.2) is 48.0 Å². The minimum Gasteiger partial charge on any atom is -0.508 e. The molecule has 2 rings (SSSR count). The van der Waals surface area contributed by atoms with Crippen LogP contribution in [0.25, 0.3) is 6.08 Å². The Labute approximate surface area is 142 Å². The van der Waals surface area contributed by atoms with Crippen molar-refractivity contribution in [2.24, 2.45) is 0 Å². The fraction of sp³-hybridized carbons (Fsp3) is 0.0588. The van der Waals surface area contributed by atoms with Gasteiger partial charge in [-0.2, -0.15) is 5.26 Å². The Bertz CT molecular complexity index is 882. The summed E-state index contributed by atoms with van der Waals surface area (Å²) < 4.78 is 4.90. The summed E-state index contributed by atoms with van der Waals surface area (Å²) in [5, 5.41) is 31.9. The maximum absolute atomic E-state index is 12.2. The second kappa shape index (κ2) is 7.61. The summed E-state index contributed by atoms with van der Waals surface area (Å²) >= 11 is 0. The summed E-state index contributed by atoms with van der Waals surface area (Å²) in [7, 11) is 1.31. The van der Waals surface area contributed by atoms with Gasteiger partial charge in [0.2, 0.25) is 0 Å². The number of nitriles is 1. The van der Waals surface area contributed by atoms with Crippen molar-refractivity contribution in [3.63, 3.8) is 0 Å². The number of methoxy groups -OCH3 is 1. The molecular formula is C17H13N3O5. The molecule has 0 atom stereocenters. The van der Waals surface area contributed by atoms with Crippen LogP contribution in [0.4, 0.5) is 11.4 Å². The van der Waals surface area contributed by atoms with Crippen molar-refractivity contribution in [1.82, 2.24) is 0 Å². The first-order chi connectivity index (χ1) is 11.9. The summed E-state index contributed by atoms with van der Waals surface area (Å²) in [6.45, 7) is 0. The Balaban J connectivity index is 2.29. The second-order valence-corrected chi connectivity index (χ2v) is 4.86. The summed E-state index contributed by atoms with van der Waals surface area (Å²) in [6.07, 6.45) is 1.24. The van der Waals surface area contributed by atoms with Crippen molar-refractivity contribution in [3.8, 4) is 17.6 Å². The van der Waals surface area contributed by atoms with E-state index in [1.165, 1.54) is 55.7 Å². The minimum atomic E-state index is -0.674. The Morgan fingerprint density at radius 2 is 2.00 bits per heavy atom. The van der Waals surface area contributed by atoms with Crippen LogP contribution in [0.1, 0.15) is 5.56 Å². The van der Waals surface area contributed by atoms with E-state index in [4.69, 9.17) is 4.74 Å². The molecule has 2 aromatic rings. The maximum Gasteiger partial charge on any atom is 0.311 e. The number of nitro benzene ring substituents is 1. The molecule has 0 saturated heterocycles. The average molecular weight is 339 g/mol. The predicted octanol–water partition coefficient (Wildman–Crippen LogP) is 2.85. The van der Waals surface area contributed by atoms with Gasteiger partial charge in [-0.05, 0) is 42.0 Å². The molecule has 0 unspecified atom stereocenters. The van der Waals surface area contributed by atoms with Gasteiger partial charge in [0.15, 0.2) is 5.75 Å². The van der Waals surface area contributed by atoms with Crippen LogP contribution < -0.4 is 10.1 Å². The number of hydrogen-bond donors (Lipinski definition) is 2. The molecule has 2 aromatic carbocycles. The molecule has 0 aliphatic carbocycles. The highest BCUT2D eigenvalue weighted by Gasteiger charge is 2.16. The monoisotopic (exact) mass is 339 g/mol. The van der Waals surface area contributed by atoms with E-state index < -0.39 is 10.8 Å². The highest BCUT2D eigenvalue weighted by Crippen LogP contribution is 2.28. The summed E-state index contributed by atoms with van der Waals surface area (Å²) in [4.78, 5) is 22.6. The number of benzene rings is 2. The Kier molecular flexibility index (Phi) is 5.32. The van der Waals surface area contributed by atoms with Crippen LogP contribution in [0, 0.1) is 21.4 Å². The van der Waals surface area contributed by atoms with Gasteiger partial charge in [0.05, 0.1) is 12.0 Å². The normalized spacial score (nSPS) is 10.6. The van der Waals surface area contributed by atoms with Gasteiger partial charge in [-0.1, -0.05) is 6.07 Å². The SMILES string of the molecule is COc1ccc(/C=C(/C#N)C(=O)Nc2ccc(O)cc2)cc1[N+](=O)[O-]. The molecule has 126 valence electrons. The lowest BCUT2D eigenvalue weighted by Gasteiger charge is -2.05. The summed E-state index contributed by atoms with van der Waals surface area (Å²) in [5.41, 5.74) is 0.203. The second-order valence-electron chi connectivity index (χ2n) is 4.86. The van der Waals surface area contributed by atoms with Crippen molar-refractivity contribution in [1.29, 1.82) is 5.26 Å². The molecule has 0 fully saturated rings. The zero-order valence-electron chi connectivity index (χ0n) is 13.1. The number of aromatic hydroxyl groups is 1. The zero-order valence-corrected chi connectivity index (χ0v) is 13.1. The molecule has 0 aliphatic heterocycles. The molecule has 0 aromatic heterocycles. The van der Waals surface area contributed by atoms with Gasteiger partial charge in [-0.25, -0.2) is 0 Å². The van der Waals surface area contributed by atoms with Crippen molar-refractivity contribution in [2.75, 3.05) is 12.4 Å². The Morgan fingerprint density at radius 1 is 1.32 bits per heavy atom. The van der Waals surface area contributed by atoms with Gasteiger partial charge >= 0.3 is 5.69 Å². The lowest BCUT2D eigenvalue weighted by atomic mass is 10.1. The number of anilines is 1. The number of nitrogens with zero attached hydrogens (tertiary/aromatic N) is 2. The molecular weight excluding hydrogens is 326 g/mol. The van der Waals surface area contributed by atoms with Crippen LogP contribution in [0.2, 0.25) is 0 Å². The average Bonchev–Trinajstić information content (AvgIpc) is 2.61. The summed E-state index contributed by atoms with van der Waals surface area (Å²) in [6, 6.07) is 11.6. The molecule has 0 bridgehead atoms. The first kappa shape index (κ1) is 17.5. The molecule has 0 saturated carbocycles. The van der Waals surface area contributed by atoms with E-state index in [9.17, 15) is 25.3 Å². The van der Waals surface area contributed by atoms with Gasteiger partial charge in [0.25, 0.3) is 5.91 Å². The van der Waals surface area contributed by atoms with E-state index >= 15 is 0 Å². The number of amides is 1. The largest absolute Gasteiger partial charge is 0.508 e. The molecule has 25 heavy (non-hydrogen) atoms. The fourth-order valence-electron chi connectivity index (χ4n) is 2.00. The van der Waals surface area contributed by atoms with E-state index in [0.29, 0.717) is 11.3 Å². The lowest BCUT2D eigenvalue weighted by molar-refractivity contribution is -0.385. The molecule has 0 spiro atoms. The molecule has 8 heteroatoms. The molecule has 1 amide bonds. The van der Waals surface area contributed by atoms with Crippen molar-refractivity contribution in [3.05, 3.63) is 63.7 Å². The molecule has 0 heterocycles. The maximum atomic E-state index is 12.2. The van der Waals surface area contributed by atoms with Gasteiger partial charge < -0.3 is 15.2 Å². The molecule has 2 N–H and O–H groups in total. The molecule has 0 aliphatic rings. The first-order valence-corrected chi connectivity index (χ1v) is 6.99. The predicted molar refractivity (Wildman–Crippen MR) is 90.0 cm³/mol. The fourth-order valence-corrected chi connectivity index (χ4v) is 2.00. The number of hydrogen-bond acceptors (Lipinski definition) is 6. The Hall–Kier alpha value is -3.86. The quantitative estimate of drug-likeness (QED) is 0.284. The van der Waals surface area contributed by atoms with Gasteiger partial charge in [-0.15, -0.1) is 0 Å². The number of nitrogens with one attached hydrogen (secondary N) is 1. The first-order valence-electron chi connectivity index (χ1n) is 6.99. The highest BCUT2D eigenvalue weighted by molar-refractivity contribution is 6.09. The number of phenolic OH excluding ortho intramolecular Hbond substituents is 1. The third-order valence-electron chi connectivity index (χ3n) is 3.20. The van der Waals surface area contributed by atoms with E-state index in [0.717, 1.165) is 0 Å². The van der Waals surface area contributed by atoms with Crippen LogP contribution in [0.5, 0.6) is 11.5 Å².